The van der Waals surface area contributed by atoms with Gasteiger partial charge >= 0.3 is 0 Å². The lowest BCUT2D eigenvalue weighted by Gasteiger charge is -2.30. The lowest BCUT2D eigenvalue weighted by molar-refractivity contribution is -0.00000762. The number of ether oxygens (including phenoxy) is 1. The van der Waals surface area contributed by atoms with Crippen LogP contribution >= 0.6 is 0 Å². The van der Waals surface area contributed by atoms with Crippen LogP contribution in [0.2, 0.25) is 0 Å². The zero-order chi connectivity index (χ0) is 17.1. The van der Waals surface area contributed by atoms with Crippen LogP contribution in [0.3, 0.4) is 0 Å². The van der Waals surface area contributed by atoms with Gasteiger partial charge in [-0.1, -0.05) is 36.4 Å². The van der Waals surface area contributed by atoms with Gasteiger partial charge < -0.3 is 22.3 Å². The molecular formula is C21H27ClNO2-. The van der Waals surface area contributed by atoms with Crippen molar-refractivity contribution in [1.29, 1.82) is 0 Å². The summed E-state index contributed by atoms with van der Waals surface area (Å²) in [6, 6.07) is 12.8. The Morgan fingerprint density at radius 3 is 2.48 bits per heavy atom. The van der Waals surface area contributed by atoms with E-state index in [0.29, 0.717) is 13.2 Å². The topological polar surface area (TPSA) is 32.7 Å². The van der Waals surface area contributed by atoms with Crippen LogP contribution in [0.15, 0.2) is 36.4 Å². The lowest BCUT2D eigenvalue weighted by atomic mass is 10.00. The van der Waals surface area contributed by atoms with Crippen molar-refractivity contribution in [3.05, 3.63) is 64.2 Å². The molecule has 25 heavy (non-hydrogen) atoms. The van der Waals surface area contributed by atoms with E-state index in [4.69, 9.17) is 4.74 Å². The molecule has 1 heterocycles. The number of hydrogen-bond acceptors (Lipinski definition) is 3. The van der Waals surface area contributed by atoms with Crippen molar-refractivity contribution in [2.24, 2.45) is 0 Å². The summed E-state index contributed by atoms with van der Waals surface area (Å²) in [6.45, 7) is 9.11. The van der Waals surface area contributed by atoms with Gasteiger partial charge in [-0.15, -0.1) is 0 Å². The summed E-state index contributed by atoms with van der Waals surface area (Å²) >= 11 is 0. The second kappa shape index (κ2) is 8.70. The van der Waals surface area contributed by atoms with Gasteiger partial charge in [0, 0.05) is 19.6 Å². The molecule has 1 unspecified atom stereocenters. The lowest BCUT2D eigenvalue weighted by Crippen LogP contribution is -3.00. The van der Waals surface area contributed by atoms with Gasteiger partial charge in [-0.3, -0.25) is 4.90 Å². The van der Waals surface area contributed by atoms with E-state index in [-0.39, 0.29) is 12.4 Å². The first-order valence-electron chi connectivity index (χ1n) is 8.71. The minimum absolute atomic E-state index is 0. The number of aryl methyl sites for hydroxylation is 2. The summed E-state index contributed by atoms with van der Waals surface area (Å²) in [5, 5.41) is 10.4. The minimum Gasteiger partial charge on any atom is -1.00 e. The predicted molar refractivity (Wildman–Crippen MR) is 97.6 cm³/mol. The number of halogens is 1. The van der Waals surface area contributed by atoms with Crippen LogP contribution in [0.4, 0.5) is 0 Å². The number of aliphatic hydroxyl groups is 1. The molecule has 136 valence electrons. The Balaban J connectivity index is 0.00000225. The molecule has 2 aromatic carbocycles. The van der Waals surface area contributed by atoms with E-state index in [1.165, 1.54) is 16.7 Å². The van der Waals surface area contributed by atoms with E-state index in [9.17, 15) is 5.11 Å². The molecule has 0 saturated heterocycles. The summed E-state index contributed by atoms with van der Waals surface area (Å²) in [5.74, 6) is 0.915. The third-order valence-corrected chi connectivity index (χ3v) is 4.97. The quantitative estimate of drug-likeness (QED) is 0.838. The average Bonchev–Trinajstić information content (AvgIpc) is 2.58. The van der Waals surface area contributed by atoms with Crippen molar-refractivity contribution in [2.75, 3.05) is 19.7 Å². The predicted octanol–water partition coefficient (Wildman–Crippen LogP) is 0.414. The molecule has 0 saturated carbocycles. The minimum atomic E-state index is -0.477. The third-order valence-electron chi connectivity index (χ3n) is 4.97. The monoisotopic (exact) mass is 360 g/mol. The fourth-order valence-corrected chi connectivity index (χ4v) is 3.39. The number of β-amino-alcohol motifs (C(OH)–C–C–N with tert-alkyl or cyclic N) is 1. The van der Waals surface area contributed by atoms with Crippen LogP contribution in [0, 0.1) is 20.8 Å². The van der Waals surface area contributed by atoms with Crippen molar-refractivity contribution in [1.82, 2.24) is 4.90 Å². The first-order valence-corrected chi connectivity index (χ1v) is 8.71. The van der Waals surface area contributed by atoms with Crippen LogP contribution in [-0.4, -0.2) is 35.8 Å². The summed E-state index contributed by atoms with van der Waals surface area (Å²) < 4.78 is 5.94. The number of aliphatic hydroxyl groups excluding tert-OH is 1. The normalized spacial score (nSPS) is 15.2. The van der Waals surface area contributed by atoms with Crippen molar-refractivity contribution >= 4 is 0 Å². The molecule has 3 nitrogen and oxygen atoms in total. The van der Waals surface area contributed by atoms with Crippen molar-refractivity contribution < 1.29 is 22.3 Å². The Bertz CT molecular complexity index is 717. The number of benzene rings is 2. The highest BCUT2D eigenvalue weighted by atomic mass is 35.5. The van der Waals surface area contributed by atoms with Crippen LogP contribution in [0.1, 0.15) is 27.8 Å². The van der Waals surface area contributed by atoms with E-state index in [2.05, 4.69) is 62.1 Å². The Hall–Kier alpha value is -1.55. The third kappa shape index (κ3) is 4.75. The molecule has 3 rings (SSSR count). The van der Waals surface area contributed by atoms with Crippen LogP contribution < -0.4 is 17.1 Å². The standard InChI is InChI=1S/C21H27NO2.ClH/c1-15-8-9-16(2)21(17(15)3)24-14-20(23)13-22-11-10-18-6-4-5-7-19(18)12-22;/h4-9,20,23H,10-14H2,1-3H3;1H/p-1. The molecule has 1 aliphatic heterocycles. The van der Waals surface area contributed by atoms with Gasteiger partial charge in [0.05, 0.1) is 0 Å². The van der Waals surface area contributed by atoms with Gasteiger partial charge in [-0.25, -0.2) is 0 Å². The number of nitrogens with zero attached hydrogens (tertiary/aromatic N) is 1. The maximum atomic E-state index is 10.4. The molecule has 0 spiro atoms. The number of fused-ring (bicyclic) bond motifs is 1. The Kier molecular flexibility index (Phi) is 6.88. The Morgan fingerprint density at radius 1 is 1.04 bits per heavy atom. The van der Waals surface area contributed by atoms with Crippen molar-refractivity contribution in [3.63, 3.8) is 0 Å². The SMILES string of the molecule is Cc1ccc(C)c(OCC(O)CN2CCc3ccccc3C2)c1C.[Cl-]. The van der Waals surface area contributed by atoms with E-state index < -0.39 is 6.10 Å². The summed E-state index contributed by atoms with van der Waals surface area (Å²) in [7, 11) is 0. The number of rotatable bonds is 5. The van der Waals surface area contributed by atoms with Gasteiger partial charge in [0.1, 0.15) is 18.5 Å². The van der Waals surface area contributed by atoms with Crippen LogP contribution in [-0.2, 0) is 13.0 Å². The van der Waals surface area contributed by atoms with E-state index in [1.807, 2.05) is 0 Å². The van der Waals surface area contributed by atoms with E-state index in [0.717, 1.165) is 36.4 Å². The molecule has 0 aliphatic carbocycles. The molecule has 2 aromatic rings. The van der Waals surface area contributed by atoms with Crippen LogP contribution in [0.5, 0.6) is 5.75 Å². The molecule has 1 N–H and O–H groups in total. The molecule has 0 amide bonds. The highest BCUT2D eigenvalue weighted by Gasteiger charge is 2.19. The summed E-state index contributed by atoms with van der Waals surface area (Å²) in [4.78, 5) is 2.31. The van der Waals surface area contributed by atoms with Crippen molar-refractivity contribution in [3.8, 4) is 5.75 Å². The molecule has 0 aromatic heterocycles. The second-order valence-corrected chi connectivity index (χ2v) is 6.87. The molecule has 0 bridgehead atoms. The Morgan fingerprint density at radius 2 is 1.72 bits per heavy atom. The molecule has 1 atom stereocenters. The number of hydrogen-bond donors (Lipinski definition) is 1. The second-order valence-electron chi connectivity index (χ2n) is 6.87. The Labute approximate surface area is 157 Å². The first-order chi connectivity index (χ1) is 11.5. The largest absolute Gasteiger partial charge is 1.00 e. The molecular weight excluding hydrogens is 334 g/mol. The molecule has 0 fully saturated rings. The van der Waals surface area contributed by atoms with E-state index >= 15 is 0 Å². The molecule has 4 heteroatoms. The van der Waals surface area contributed by atoms with Gasteiger partial charge in [-0.05, 0) is 55.0 Å². The van der Waals surface area contributed by atoms with Crippen LogP contribution in [0.25, 0.3) is 0 Å². The van der Waals surface area contributed by atoms with Gasteiger partial charge in [0.15, 0.2) is 0 Å². The summed E-state index contributed by atoms with van der Waals surface area (Å²) in [5.41, 5.74) is 6.32. The smallest absolute Gasteiger partial charge is 0.125 e. The van der Waals surface area contributed by atoms with E-state index in [1.54, 1.807) is 0 Å². The highest BCUT2D eigenvalue weighted by molar-refractivity contribution is 5.44. The fourth-order valence-electron chi connectivity index (χ4n) is 3.39. The van der Waals surface area contributed by atoms with Gasteiger partial charge in [0.25, 0.3) is 0 Å². The first kappa shape index (κ1) is 19.8. The maximum absolute atomic E-state index is 10.4. The molecule has 1 aliphatic rings. The highest BCUT2D eigenvalue weighted by Crippen LogP contribution is 2.26. The average molecular weight is 361 g/mol. The molecule has 0 radical (unpaired) electrons. The zero-order valence-electron chi connectivity index (χ0n) is 15.3. The van der Waals surface area contributed by atoms with Gasteiger partial charge in [-0.2, -0.15) is 0 Å². The van der Waals surface area contributed by atoms with Gasteiger partial charge in [0.2, 0.25) is 0 Å². The maximum Gasteiger partial charge on any atom is 0.125 e. The van der Waals surface area contributed by atoms with Crippen molar-refractivity contribution in [2.45, 2.75) is 39.8 Å². The summed E-state index contributed by atoms with van der Waals surface area (Å²) in [6.07, 6.45) is 0.578. The zero-order valence-corrected chi connectivity index (χ0v) is 16.0. The fraction of sp³-hybridized carbons (Fsp3) is 0.429.